The highest BCUT2D eigenvalue weighted by molar-refractivity contribution is 5.92. The third-order valence-corrected chi connectivity index (χ3v) is 5.76. The number of unbranched alkanes of at least 4 members (excludes halogenated alkanes) is 3. The Bertz CT molecular complexity index is 1010. The molecule has 0 radical (unpaired) electrons. The fourth-order valence-corrected chi connectivity index (χ4v) is 3.59. The Balaban J connectivity index is 1.61. The van der Waals surface area contributed by atoms with Crippen LogP contribution in [0.2, 0.25) is 0 Å². The van der Waals surface area contributed by atoms with Crippen LogP contribution in [0.15, 0.2) is 72.8 Å². The van der Waals surface area contributed by atoms with Crippen LogP contribution in [-0.2, 0) is 4.74 Å². The summed E-state index contributed by atoms with van der Waals surface area (Å²) in [5.41, 5.74) is 3.80. The highest BCUT2D eigenvalue weighted by atomic mass is 16.6. The number of ether oxygens (including phenoxy) is 3. The molecule has 0 aliphatic rings. The zero-order valence-electron chi connectivity index (χ0n) is 20.6. The van der Waals surface area contributed by atoms with Gasteiger partial charge in [-0.1, -0.05) is 81.6 Å². The molecule has 3 aromatic carbocycles. The monoisotopic (exact) mass is 460 g/mol. The van der Waals surface area contributed by atoms with Crippen molar-refractivity contribution in [2.45, 2.75) is 59.0 Å². The van der Waals surface area contributed by atoms with E-state index < -0.39 is 5.97 Å². The van der Waals surface area contributed by atoms with Crippen molar-refractivity contribution >= 4 is 5.97 Å². The maximum atomic E-state index is 12.7. The van der Waals surface area contributed by atoms with E-state index >= 15 is 0 Å². The highest BCUT2D eigenvalue weighted by Crippen LogP contribution is 2.28. The number of rotatable bonds is 13. The van der Waals surface area contributed by atoms with E-state index in [1.54, 1.807) is 18.2 Å². The number of carbonyl (C=O) groups excluding carboxylic acids is 1. The van der Waals surface area contributed by atoms with Gasteiger partial charge in [-0.2, -0.15) is 0 Å². The Morgan fingerprint density at radius 2 is 1.35 bits per heavy atom. The summed E-state index contributed by atoms with van der Waals surface area (Å²) in [4.78, 5) is 12.7. The molecular formula is C30H36O4. The number of hydrogen-bond donors (Lipinski definition) is 0. The van der Waals surface area contributed by atoms with Gasteiger partial charge in [-0.15, -0.1) is 0 Å². The molecule has 0 fully saturated rings. The van der Waals surface area contributed by atoms with Crippen molar-refractivity contribution in [3.05, 3.63) is 83.9 Å². The fourth-order valence-electron chi connectivity index (χ4n) is 3.59. The van der Waals surface area contributed by atoms with Crippen molar-refractivity contribution in [1.82, 2.24) is 0 Å². The maximum Gasteiger partial charge on any atom is 0.343 e. The Kier molecular flexibility index (Phi) is 10.2. The summed E-state index contributed by atoms with van der Waals surface area (Å²) in [6.45, 7) is 7.79. The summed E-state index contributed by atoms with van der Waals surface area (Å²) in [5.74, 6) is 0.639. The number of benzene rings is 3. The van der Waals surface area contributed by atoms with Gasteiger partial charge < -0.3 is 14.2 Å². The smallest absolute Gasteiger partial charge is 0.343 e. The third-order valence-electron chi connectivity index (χ3n) is 5.76. The SMILES string of the molecule is CCCCCOc1ccccc1OC(=O)c1ccc(-c2ccc(C(C)OCCCC)cc2)cc1. The molecule has 0 aliphatic carbocycles. The van der Waals surface area contributed by atoms with Gasteiger partial charge in [0.05, 0.1) is 18.3 Å². The number of para-hydroxylation sites is 2. The van der Waals surface area contributed by atoms with Crippen LogP contribution in [0.4, 0.5) is 0 Å². The van der Waals surface area contributed by atoms with Crippen molar-refractivity contribution in [2.24, 2.45) is 0 Å². The molecule has 0 aliphatic heterocycles. The lowest BCUT2D eigenvalue weighted by molar-refractivity contribution is 0.0637. The van der Waals surface area contributed by atoms with Gasteiger partial charge in [0.1, 0.15) is 0 Å². The van der Waals surface area contributed by atoms with Crippen LogP contribution in [-0.4, -0.2) is 19.2 Å². The second-order valence-corrected chi connectivity index (χ2v) is 8.46. The van der Waals surface area contributed by atoms with Gasteiger partial charge >= 0.3 is 5.97 Å². The van der Waals surface area contributed by atoms with E-state index in [2.05, 4.69) is 45.0 Å². The van der Waals surface area contributed by atoms with Crippen LogP contribution in [0.1, 0.15) is 74.9 Å². The zero-order valence-corrected chi connectivity index (χ0v) is 20.6. The van der Waals surface area contributed by atoms with E-state index in [1.165, 1.54) is 0 Å². The van der Waals surface area contributed by atoms with Crippen LogP contribution in [0.25, 0.3) is 11.1 Å². The first kappa shape index (κ1) is 25.5. The molecular weight excluding hydrogens is 424 g/mol. The summed E-state index contributed by atoms with van der Waals surface area (Å²) < 4.78 is 17.3. The molecule has 4 heteroatoms. The first-order valence-corrected chi connectivity index (χ1v) is 12.4. The highest BCUT2D eigenvalue weighted by Gasteiger charge is 2.13. The van der Waals surface area contributed by atoms with Gasteiger partial charge in [0.15, 0.2) is 11.5 Å². The lowest BCUT2D eigenvalue weighted by Gasteiger charge is -2.14. The molecule has 0 saturated carbocycles. The molecule has 34 heavy (non-hydrogen) atoms. The largest absolute Gasteiger partial charge is 0.490 e. The van der Waals surface area contributed by atoms with Gasteiger partial charge in [-0.05, 0) is 60.7 Å². The predicted molar refractivity (Wildman–Crippen MR) is 138 cm³/mol. The summed E-state index contributed by atoms with van der Waals surface area (Å²) in [5, 5.41) is 0. The van der Waals surface area contributed by atoms with Crippen LogP contribution in [0.5, 0.6) is 11.5 Å². The molecule has 0 aromatic heterocycles. The minimum Gasteiger partial charge on any atom is -0.490 e. The van der Waals surface area contributed by atoms with Crippen LogP contribution < -0.4 is 9.47 Å². The van der Waals surface area contributed by atoms with Gasteiger partial charge in [0.2, 0.25) is 0 Å². The lowest BCUT2D eigenvalue weighted by Crippen LogP contribution is -2.09. The maximum absolute atomic E-state index is 12.7. The number of hydrogen-bond acceptors (Lipinski definition) is 4. The molecule has 0 heterocycles. The molecule has 3 rings (SSSR count). The standard InChI is InChI=1S/C30H36O4/c1-4-6-10-22-33-28-11-8-9-12-29(28)34-30(31)27-19-17-26(18-20-27)25-15-13-24(14-16-25)23(3)32-21-7-5-2/h8-9,11-20,23H,4-7,10,21-22H2,1-3H3. The van der Waals surface area contributed by atoms with Gasteiger partial charge in [0, 0.05) is 6.61 Å². The number of carbonyl (C=O) groups is 1. The van der Waals surface area contributed by atoms with E-state index in [0.717, 1.165) is 55.4 Å². The first-order valence-electron chi connectivity index (χ1n) is 12.4. The quantitative estimate of drug-likeness (QED) is 0.147. The summed E-state index contributed by atoms with van der Waals surface area (Å²) >= 11 is 0. The minimum atomic E-state index is -0.399. The van der Waals surface area contributed by atoms with Crippen molar-refractivity contribution in [3.8, 4) is 22.6 Å². The molecule has 0 N–H and O–H groups in total. The van der Waals surface area contributed by atoms with Crippen LogP contribution in [0, 0.1) is 0 Å². The second-order valence-electron chi connectivity index (χ2n) is 8.46. The lowest BCUT2D eigenvalue weighted by atomic mass is 10.0. The molecule has 1 atom stereocenters. The summed E-state index contributed by atoms with van der Waals surface area (Å²) in [7, 11) is 0. The topological polar surface area (TPSA) is 44.8 Å². The average molecular weight is 461 g/mol. The normalized spacial score (nSPS) is 11.7. The van der Waals surface area contributed by atoms with E-state index in [-0.39, 0.29) is 6.10 Å². The van der Waals surface area contributed by atoms with E-state index in [9.17, 15) is 4.79 Å². The molecule has 0 bridgehead atoms. The van der Waals surface area contributed by atoms with Crippen LogP contribution in [0.3, 0.4) is 0 Å². The molecule has 0 amide bonds. The molecule has 4 nitrogen and oxygen atoms in total. The Morgan fingerprint density at radius 1 is 0.735 bits per heavy atom. The number of esters is 1. The van der Waals surface area contributed by atoms with Crippen molar-refractivity contribution in [3.63, 3.8) is 0 Å². The molecule has 1 unspecified atom stereocenters. The van der Waals surface area contributed by atoms with Crippen LogP contribution >= 0.6 is 0 Å². The molecule has 3 aromatic rings. The van der Waals surface area contributed by atoms with Crippen molar-refractivity contribution in [2.75, 3.05) is 13.2 Å². The Hall–Kier alpha value is -3.11. The fraction of sp³-hybridized carbons (Fsp3) is 0.367. The minimum absolute atomic E-state index is 0.0799. The Morgan fingerprint density at radius 3 is 2.00 bits per heavy atom. The van der Waals surface area contributed by atoms with Gasteiger partial charge in [-0.3, -0.25) is 0 Å². The van der Waals surface area contributed by atoms with E-state index in [0.29, 0.717) is 23.7 Å². The van der Waals surface area contributed by atoms with Gasteiger partial charge in [0.25, 0.3) is 0 Å². The molecule has 0 spiro atoms. The second kappa shape index (κ2) is 13.6. The molecule has 180 valence electrons. The van der Waals surface area contributed by atoms with E-state index in [1.807, 2.05) is 30.3 Å². The summed E-state index contributed by atoms with van der Waals surface area (Å²) in [6, 6.07) is 23.2. The first-order chi connectivity index (χ1) is 16.6. The van der Waals surface area contributed by atoms with Crippen molar-refractivity contribution in [1.29, 1.82) is 0 Å². The predicted octanol–water partition coefficient (Wildman–Crippen LogP) is 8.02. The van der Waals surface area contributed by atoms with Crippen molar-refractivity contribution < 1.29 is 19.0 Å². The zero-order chi connectivity index (χ0) is 24.2. The summed E-state index contributed by atoms with van der Waals surface area (Å²) in [6.07, 6.45) is 5.52. The van der Waals surface area contributed by atoms with Gasteiger partial charge in [-0.25, -0.2) is 4.79 Å². The van der Waals surface area contributed by atoms with E-state index in [4.69, 9.17) is 14.2 Å². The third kappa shape index (κ3) is 7.46. The average Bonchev–Trinajstić information content (AvgIpc) is 2.88. The molecule has 0 saturated heterocycles. The Labute approximate surface area is 203 Å².